The molecule has 2 bridgehead atoms. The van der Waals surface area contributed by atoms with Crippen molar-refractivity contribution >= 4 is 6.21 Å². The molecule has 2 aromatic rings. The van der Waals surface area contributed by atoms with Crippen LogP contribution in [-0.4, -0.2) is 16.2 Å². The Morgan fingerprint density at radius 3 is 2.84 bits per heavy atom. The minimum Gasteiger partial charge on any atom is -0.326 e. The highest BCUT2D eigenvalue weighted by atomic mass is 16.1. The maximum absolute atomic E-state index is 11.8. The molecule has 0 aliphatic heterocycles. The number of pyridine rings is 2. The number of aromatic nitrogens is 2. The predicted molar refractivity (Wildman–Crippen MR) is 99.9 cm³/mol. The van der Waals surface area contributed by atoms with E-state index in [0.717, 1.165) is 29.7 Å². The van der Waals surface area contributed by atoms with Gasteiger partial charge < -0.3 is 4.98 Å². The van der Waals surface area contributed by atoms with E-state index in [1.165, 1.54) is 11.1 Å². The summed E-state index contributed by atoms with van der Waals surface area (Å²) in [4.78, 5) is 24.0. The van der Waals surface area contributed by atoms with Crippen molar-refractivity contribution in [1.29, 1.82) is 0 Å². The normalized spacial score (nSPS) is 26.6. The third kappa shape index (κ3) is 2.58. The number of aliphatic imine (C=N–C) groups is 1. The van der Waals surface area contributed by atoms with Crippen LogP contribution in [0.15, 0.2) is 69.7 Å². The summed E-state index contributed by atoms with van der Waals surface area (Å²) in [6.45, 7) is 4.26. The SMILES string of the molecule is C/C=C1\C2C=C(C)CC1(N=Cc1ccncc1)c1ccc(=O)[nH]c1C2. The van der Waals surface area contributed by atoms with Crippen molar-refractivity contribution in [3.8, 4) is 0 Å². The molecule has 2 heterocycles. The molecule has 2 aliphatic carbocycles. The van der Waals surface area contributed by atoms with Crippen LogP contribution in [0.25, 0.3) is 0 Å². The molecule has 0 amide bonds. The standard InChI is InChI=1S/C21H21N3O/c1-3-17-16-10-14(2)12-21(17,23-13-15-6-8-22-9-7-15)18-4-5-20(25)24-19(18)11-16/h3-10,13,16H,11-12H2,1-2H3,(H,24,25)/b17-3+,23-13?. The van der Waals surface area contributed by atoms with Gasteiger partial charge in [-0.15, -0.1) is 0 Å². The Hall–Kier alpha value is -2.75. The number of hydrogen-bond donors (Lipinski definition) is 1. The summed E-state index contributed by atoms with van der Waals surface area (Å²) < 4.78 is 0. The zero-order valence-electron chi connectivity index (χ0n) is 14.5. The molecule has 2 aliphatic rings. The van der Waals surface area contributed by atoms with Crippen molar-refractivity contribution in [3.05, 3.63) is 87.1 Å². The van der Waals surface area contributed by atoms with E-state index in [0.29, 0.717) is 5.92 Å². The topological polar surface area (TPSA) is 58.1 Å². The number of hydrogen-bond acceptors (Lipinski definition) is 3. The molecule has 2 aromatic heterocycles. The lowest BCUT2D eigenvalue weighted by atomic mass is 9.63. The van der Waals surface area contributed by atoms with E-state index in [-0.39, 0.29) is 5.56 Å². The van der Waals surface area contributed by atoms with Gasteiger partial charge in [0.25, 0.3) is 0 Å². The first kappa shape index (κ1) is 15.8. The Morgan fingerprint density at radius 2 is 2.08 bits per heavy atom. The van der Waals surface area contributed by atoms with Crippen molar-refractivity contribution in [1.82, 2.24) is 9.97 Å². The molecule has 2 unspecified atom stereocenters. The van der Waals surface area contributed by atoms with Crippen molar-refractivity contribution in [2.45, 2.75) is 32.2 Å². The molecule has 25 heavy (non-hydrogen) atoms. The molecule has 0 saturated heterocycles. The molecular formula is C21H21N3O. The first-order valence-electron chi connectivity index (χ1n) is 8.64. The van der Waals surface area contributed by atoms with Gasteiger partial charge in [0.15, 0.2) is 0 Å². The lowest BCUT2D eigenvalue weighted by Crippen LogP contribution is -2.40. The maximum atomic E-state index is 11.8. The van der Waals surface area contributed by atoms with Crippen molar-refractivity contribution in [3.63, 3.8) is 0 Å². The molecule has 2 atom stereocenters. The highest BCUT2D eigenvalue weighted by molar-refractivity contribution is 5.80. The first-order valence-corrected chi connectivity index (χ1v) is 8.64. The fraction of sp³-hybridized carbons (Fsp3) is 0.286. The number of H-pyrrole nitrogens is 1. The third-order valence-corrected chi connectivity index (χ3v) is 5.22. The van der Waals surface area contributed by atoms with E-state index in [1.807, 2.05) is 24.4 Å². The molecule has 0 radical (unpaired) electrons. The second-order valence-electron chi connectivity index (χ2n) is 6.86. The van der Waals surface area contributed by atoms with Crippen LogP contribution in [0.5, 0.6) is 0 Å². The van der Waals surface area contributed by atoms with Gasteiger partial charge in [0.1, 0.15) is 5.54 Å². The van der Waals surface area contributed by atoms with E-state index >= 15 is 0 Å². The van der Waals surface area contributed by atoms with E-state index < -0.39 is 5.54 Å². The van der Waals surface area contributed by atoms with Crippen LogP contribution in [0, 0.1) is 5.92 Å². The molecule has 0 saturated carbocycles. The second kappa shape index (κ2) is 5.96. The summed E-state index contributed by atoms with van der Waals surface area (Å²) in [7, 11) is 0. The Balaban J connectivity index is 1.93. The fourth-order valence-electron chi connectivity index (χ4n) is 4.29. The molecular weight excluding hydrogens is 310 g/mol. The van der Waals surface area contributed by atoms with Gasteiger partial charge in [-0.05, 0) is 49.6 Å². The zero-order chi connectivity index (χ0) is 17.4. The molecule has 126 valence electrons. The smallest absolute Gasteiger partial charge is 0.248 e. The lowest BCUT2D eigenvalue weighted by Gasteiger charge is -2.45. The summed E-state index contributed by atoms with van der Waals surface area (Å²) in [5.41, 5.74) is 5.35. The second-order valence-corrected chi connectivity index (χ2v) is 6.86. The van der Waals surface area contributed by atoms with Crippen LogP contribution >= 0.6 is 0 Å². The quantitative estimate of drug-likeness (QED) is 0.676. The van der Waals surface area contributed by atoms with Gasteiger partial charge in [-0.3, -0.25) is 14.8 Å². The lowest BCUT2D eigenvalue weighted by molar-refractivity contribution is 0.413. The highest BCUT2D eigenvalue weighted by Crippen LogP contribution is 2.51. The van der Waals surface area contributed by atoms with Crippen LogP contribution in [0.1, 0.15) is 37.1 Å². The van der Waals surface area contributed by atoms with Gasteiger partial charge in [-0.2, -0.15) is 0 Å². The van der Waals surface area contributed by atoms with Crippen LogP contribution in [0.3, 0.4) is 0 Å². The van der Waals surface area contributed by atoms with Gasteiger partial charge in [0, 0.05) is 48.3 Å². The average molecular weight is 331 g/mol. The van der Waals surface area contributed by atoms with E-state index in [9.17, 15) is 4.79 Å². The number of fused-ring (bicyclic) bond motifs is 4. The molecule has 0 aromatic carbocycles. The van der Waals surface area contributed by atoms with Crippen LogP contribution in [-0.2, 0) is 12.0 Å². The van der Waals surface area contributed by atoms with E-state index in [4.69, 9.17) is 4.99 Å². The molecule has 1 N–H and O–H groups in total. The summed E-state index contributed by atoms with van der Waals surface area (Å²) >= 11 is 0. The van der Waals surface area contributed by atoms with Gasteiger partial charge in [0.05, 0.1) is 0 Å². The van der Waals surface area contributed by atoms with Gasteiger partial charge >= 0.3 is 0 Å². The number of allylic oxidation sites excluding steroid dienone is 2. The zero-order valence-corrected chi connectivity index (χ0v) is 14.5. The first-order chi connectivity index (χ1) is 12.1. The van der Waals surface area contributed by atoms with Gasteiger partial charge in [0.2, 0.25) is 5.56 Å². The number of nitrogens with zero attached hydrogens (tertiary/aromatic N) is 2. The minimum absolute atomic E-state index is 0.0466. The van der Waals surface area contributed by atoms with E-state index in [2.05, 4.69) is 36.0 Å². The fourth-order valence-corrected chi connectivity index (χ4v) is 4.29. The Morgan fingerprint density at radius 1 is 1.28 bits per heavy atom. The van der Waals surface area contributed by atoms with E-state index in [1.54, 1.807) is 18.5 Å². The van der Waals surface area contributed by atoms with Crippen LogP contribution in [0.4, 0.5) is 0 Å². The monoisotopic (exact) mass is 331 g/mol. The summed E-state index contributed by atoms with van der Waals surface area (Å²) in [6, 6.07) is 7.48. The van der Waals surface area contributed by atoms with Gasteiger partial charge in [-0.1, -0.05) is 17.7 Å². The number of rotatable bonds is 2. The third-order valence-electron chi connectivity index (χ3n) is 5.22. The molecule has 4 nitrogen and oxygen atoms in total. The molecule has 0 fully saturated rings. The summed E-state index contributed by atoms with van der Waals surface area (Å²) in [6.07, 6.45) is 11.7. The molecule has 4 heteroatoms. The molecule has 0 spiro atoms. The Bertz CT molecular complexity index is 953. The maximum Gasteiger partial charge on any atom is 0.248 e. The predicted octanol–water partition coefficient (Wildman–Crippen LogP) is 3.55. The number of aromatic amines is 1. The van der Waals surface area contributed by atoms with Crippen molar-refractivity contribution < 1.29 is 0 Å². The van der Waals surface area contributed by atoms with Crippen LogP contribution < -0.4 is 5.56 Å². The van der Waals surface area contributed by atoms with Crippen molar-refractivity contribution in [2.24, 2.45) is 10.9 Å². The molecule has 4 rings (SSSR count). The van der Waals surface area contributed by atoms with Crippen molar-refractivity contribution in [2.75, 3.05) is 0 Å². The average Bonchev–Trinajstić information content (AvgIpc) is 2.60. The van der Waals surface area contributed by atoms with Gasteiger partial charge in [-0.25, -0.2) is 0 Å². The largest absolute Gasteiger partial charge is 0.326 e. The number of nitrogens with one attached hydrogen (secondary N) is 1. The summed E-state index contributed by atoms with van der Waals surface area (Å²) in [5, 5.41) is 0. The Labute approximate surface area is 147 Å². The minimum atomic E-state index is -0.431. The Kier molecular flexibility index (Phi) is 3.75. The highest BCUT2D eigenvalue weighted by Gasteiger charge is 2.46. The summed E-state index contributed by atoms with van der Waals surface area (Å²) in [5.74, 6) is 0.291. The van der Waals surface area contributed by atoms with Crippen LogP contribution in [0.2, 0.25) is 0 Å².